The van der Waals surface area contributed by atoms with E-state index in [9.17, 15) is 13.2 Å². The normalized spacial score (nSPS) is 16.0. The van der Waals surface area contributed by atoms with E-state index in [-0.39, 0.29) is 17.3 Å². The lowest BCUT2D eigenvalue weighted by Gasteiger charge is -2.17. The lowest BCUT2D eigenvalue weighted by molar-refractivity contribution is 0.123. The van der Waals surface area contributed by atoms with Gasteiger partial charge in [-0.2, -0.15) is 0 Å². The first-order valence-corrected chi connectivity index (χ1v) is 14.1. The summed E-state index contributed by atoms with van der Waals surface area (Å²) in [5.41, 5.74) is 2.57. The monoisotopic (exact) mass is 621 g/mol. The van der Waals surface area contributed by atoms with Gasteiger partial charge in [0.1, 0.15) is 5.76 Å². The first kappa shape index (κ1) is 33.3. The predicted molar refractivity (Wildman–Crippen MR) is 159 cm³/mol. The molecule has 2 aromatic carbocycles. The highest BCUT2D eigenvalue weighted by molar-refractivity contribution is 9.10. The van der Waals surface area contributed by atoms with Gasteiger partial charge in [-0.1, -0.05) is 66.5 Å². The van der Waals surface area contributed by atoms with Crippen LogP contribution in [-0.4, -0.2) is 42.4 Å². The van der Waals surface area contributed by atoms with Gasteiger partial charge in [-0.3, -0.25) is 4.39 Å². The van der Waals surface area contributed by atoms with Crippen LogP contribution >= 0.6 is 15.9 Å². The largest absolute Gasteiger partial charge is 0.454 e. The van der Waals surface area contributed by atoms with Gasteiger partial charge >= 0.3 is 0 Å². The molecule has 1 saturated carbocycles. The molecule has 1 aliphatic rings. The Balaban J connectivity index is 0.000000362. The topological polar surface area (TPSA) is 55.3 Å². The molecule has 0 bridgehead atoms. The van der Waals surface area contributed by atoms with E-state index in [2.05, 4.69) is 52.0 Å². The van der Waals surface area contributed by atoms with E-state index < -0.39 is 12.2 Å². The molecule has 1 aliphatic carbocycles. The van der Waals surface area contributed by atoms with Crippen molar-refractivity contribution in [1.82, 2.24) is 15.1 Å². The fraction of sp³-hybridized carbons (Fsp3) is 0.419. The molecule has 2 unspecified atom stereocenters. The Morgan fingerprint density at radius 2 is 1.45 bits per heavy atom. The third kappa shape index (κ3) is 9.06. The number of hydrogen-bond donors (Lipinski definition) is 0. The second-order valence-corrected chi connectivity index (χ2v) is 10.4. The zero-order chi connectivity index (χ0) is 29.8. The molecule has 9 heteroatoms. The van der Waals surface area contributed by atoms with Crippen LogP contribution in [0.5, 0.6) is 0 Å². The van der Waals surface area contributed by atoms with Crippen LogP contribution in [-0.2, 0) is 0 Å². The summed E-state index contributed by atoms with van der Waals surface area (Å²) in [6.07, 6.45) is 1.45. The fourth-order valence-electron chi connectivity index (χ4n) is 4.28. The van der Waals surface area contributed by atoms with Crippen LogP contribution in [0.2, 0.25) is 0 Å². The second kappa shape index (κ2) is 16.4. The summed E-state index contributed by atoms with van der Waals surface area (Å²) in [6, 6.07) is 17.0. The molecule has 0 saturated heterocycles. The lowest BCUT2D eigenvalue weighted by Crippen LogP contribution is -2.24. The number of rotatable bonds is 5. The molecular formula is C31H39BrF3N3O2. The Morgan fingerprint density at radius 3 is 1.95 bits per heavy atom. The molecule has 40 heavy (non-hydrogen) atoms. The highest BCUT2D eigenvalue weighted by atomic mass is 79.9. The number of aromatic nitrogens is 2. The van der Waals surface area contributed by atoms with Crippen molar-refractivity contribution in [3.63, 3.8) is 0 Å². The maximum atomic E-state index is 13.5. The van der Waals surface area contributed by atoms with Gasteiger partial charge in [0.05, 0.1) is 12.7 Å². The van der Waals surface area contributed by atoms with Crippen molar-refractivity contribution in [2.45, 2.75) is 59.4 Å². The Morgan fingerprint density at radius 1 is 0.875 bits per heavy atom. The van der Waals surface area contributed by atoms with E-state index in [1.54, 1.807) is 12.1 Å². The van der Waals surface area contributed by atoms with Crippen molar-refractivity contribution in [1.29, 1.82) is 0 Å². The molecule has 2 heterocycles. The molecule has 0 aliphatic heterocycles. The van der Waals surface area contributed by atoms with Crippen molar-refractivity contribution >= 4 is 15.9 Å². The van der Waals surface area contributed by atoms with Crippen molar-refractivity contribution in [3.8, 4) is 34.2 Å². The minimum absolute atomic E-state index is 0.00649. The second-order valence-electron chi connectivity index (χ2n) is 9.51. The smallest absolute Gasteiger partial charge is 0.296 e. The summed E-state index contributed by atoms with van der Waals surface area (Å²) in [5, 5.41) is 7.91. The number of furan rings is 1. The van der Waals surface area contributed by atoms with Gasteiger partial charge < -0.3 is 13.7 Å². The van der Waals surface area contributed by atoms with Crippen LogP contribution in [0.4, 0.5) is 13.2 Å². The summed E-state index contributed by atoms with van der Waals surface area (Å²) < 4.78 is 48.4. The third-order valence-electron chi connectivity index (χ3n) is 6.44. The maximum absolute atomic E-state index is 13.5. The molecule has 1 fully saturated rings. The first-order valence-electron chi connectivity index (χ1n) is 13.3. The zero-order valence-electron chi connectivity index (χ0n) is 24.2. The average molecular weight is 623 g/mol. The molecule has 0 amide bonds. The SMILES string of the molecule is CC.CC1CCC(N(C)C)C1.CF.Cc1ccc(-c2nnc(-c3cc(-c4ccc(Br)cc4)oc3C(F)F)o2)cc1. The number of hydrogen-bond acceptors (Lipinski definition) is 5. The van der Waals surface area contributed by atoms with Crippen LogP contribution in [0.1, 0.15) is 57.8 Å². The molecule has 2 aromatic heterocycles. The number of alkyl halides is 3. The van der Waals surface area contributed by atoms with Gasteiger partial charge in [0, 0.05) is 21.6 Å². The average Bonchev–Trinajstić information content (AvgIpc) is 3.72. The number of benzene rings is 2. The molecule has 5 rings (SSSR count). The Hall–Kier alpha value is -2.91. The summed E-state index contributed by atoms with van der Waals surface area (Å²) in [7, 11) is 4.87. The van der Waals surface area contributed by atoms with Crippen LogP contribution in [0, 0.1) is 12.8 Å². The molecule has 0 radical (unpaired) electrons. The third-order valence-corrected chi connectivity index (χ3v) is 6.97. The van der Waals surface area contributed by atoms with Crippen LogP contribution < -0.4 is 0 Å². The first-order chi connectivity index (χ1) is 19.2. The summed E-state index contributed by atoms with van der Waals surface area (Å²) in [6.45, 7) is 8.32. The molecule has 0 N–H and O–H groups in total. The van der Waals surface area contributed by atoms with Gasteiger partial charge in [-0.05, 0) is 76.5 Å². The molecule has 218 valence electrons. The van der Waals surface area contributed by atoms with Crippen molar-refractivity contribution in [3.05, 3.63) is 70.4 Å². The van der Waals surface area contributed by atoms with Crippen LogP contribution in [0.15, 0.2) is 67.9 Å². The van der Waals surface area contributed by atoms with Gasteiger partial charge in [0.25, 0.3) is 12.3 Å². The minimum Gasteiger partial charge on any atom is -0.454 e. The van der Waals surface area contributed by atoms with Crippen LogP contribution in [0.25, 0.3) is 34.2 Å². The molecule has 4 aromatic rings. The van der Waals surface area contributed by atoms with E-state index in [1.165, 1.54) is 25.3 Å². The van der Waals surface area contributed by atoms with Gasteiger partial charge in [-0.15, -0.1) is 10.2 Å². The van der Waals surface area contributed by atoms with Crippen LogP contribution in [0.3, 0.4) is 0 Å². The molecular weight excluding hydrogens is 583 g/mol. The maximum Gasteiger partial charge on any atom is 0.296 e. The highest BCUT2D eigenvalue weighted by Crippen LogP contribution is 2.38. The standard InChI is InChI=1S/C20H13BrF2N2O2.C8H17N.C2H6.CH3F/c1-11-2-4-13(5-3-11)19-24-25-20(27-19)15-10-16(26-17(15)18(22)23)12-6-8-14(21)9-7-12;1-7-4-5-8(6-7)9(2)3;2*1-2/h2-10,18H,1H3;7-8H,4-6H2,1-3H3;1-2H3;1H3. The van der Waals surface area contributed by atoms with Crippen molar-refractivity contribution in [2.75, 3.05) is 21.3 Å². The summed E-state index contributed by atoms with van der Waals surface area (Å²) in [4.78, 5) is 2.35. The Kier molecular flexibility index (Phi) is 13.6. The van der Waals surface area contributed by atoms with E-state index in [0.717, 1.165) is 27.6 Å². The van der Waals surface area contributed by atoms with Crippen molar-refractivity contribution < 1.29 is 22.0 Å². The van der Waals surface area contributed by atoms with E-state index in [0.29, 0.717) is 18.5 Å². The molecule has 2 atom stereocenters. The highest BCUT2D eigenvalue weighted by Gasteiger charge is 2.26. The Bertz CT molecular complexity index is 1270. The molecule has 5 nitrogen and oxygen atoms in total. The van der Waals surface area contributed by atoms with E-state index in [1.807, 2.05) is 57.2 Å². The lowest BCUT2D eigenvalue weighted by atomic mass is 10.1. The van der Waals surface area contributed by atoms with E-state index in [4.69, 9.17) is 8.83 Å². The molecule has 0 spiro atoms. The fourth-order valence-corrected chi connectivity index (χ4v) is 4.55. The summed E-state index contributed by atoms with van der Waals surface area (Å²) in [5.74, 6) is 1.04. The quantitative estimate of drug-likeness (QED) is 0.222. The number of aryl methyl sites for hydroxylation is 1. The van der Waals surface area contributed by atoms with Gasteiger partial charge in [0.15, 0.2) is 5.76 Å². The number of halogens is 4. The predicted octanol–water partition coefficient (Wildman–Crippen LogP) is 10.0. The minimum atomic E-state index is -2.81. The van der Waals surface area contributed by atoms with Gasteiger partial charge in [0.2, 0.25) is 5.89 Å². The van der Waals surface area contributed by atoms with Crippen molar-refractivity contribution in [2.24, 2.45) is 5.92 Å². The zero-order valence-corrected chi connectivity index (χ0v) is 25.8. The van der Waals surface area contributed by atoms with E-state index >= 15 is 0 Å². The van der Waals surface area contributed by atoms with Gasteiger partial charge in [-0.25, -0.2) is 8.78 Å². The summed E-state index contributed by atoms with van der Waals surface area (Å²) >= 11 is 3.34. The number of nitrogens with zero attached hydrogens (tertiary/aromatic N) is 3. The Labute approximate surface area is 243 Å².